The molecule has 0 radical (unpaired) electrons. The Bertz CT molecular complexity index is 1090. The number of thioether (sulfide) groups is 3. The highest BCUT2D eigenvalue weighted by Gasteiger charge is 2.14. The van der Waals surface area contributed by atoms with Gasteiger partial charge < -0.3 is 0 Å². The quantitative estimate of drug-likeness (QED) is 0.226. The Hall–Kier alpha value is -1.92. The second-order valence-corrected chi connectivity index (χ2v) is 10.2. The summed E-state index contributed by atoms with van der Waals surface area (Å²) in [6.07, 6.45) is 1.90. The van der Waals surface area contributed by atoms with E-state index in [0.717, 1.165) is 27.3 Å². The Morgan fingerprint density at radius 1 is 0.613 bits per heavy atom. The first-order chi connectivity index (χ1) is 15.3. The van der Waals surface area contributed by atoms with Gasteiger partial charge in [-0.3, -0.25) is 0 Å². The summed E-state index contributed by atoms with van der Waals surface area (Å²) in [5, 5.41) is 10.5. The van der Waals surface area contributed by atoms with Gasteiger partial charge in [0.1, 0.15) is 5.03 Å². The Morgan fingerprint density at radius 3 is 1.81 bits per heavy atom. The summed E-state index contributed by atoms with van der Waals surface area (Å²) >= 11 is 11.4. The molecule has 156 valence electrons. The molecule has 31 heavy (non-hydrogen) atoms. The molecule has 0 unspecified atom stereocenters. The fraction of sp³-hybridized carbons (Fsp3) is 0.120. The summed E-state index contributed by atoms with van der Waals surface area (Å²) in [6, 6.07) is 29.1. The number of nitrogens with zero attached hydrogens (tertiary/aromatic N) is 2. The molecule has 3 aromatic carbocycles. The van der Waals surface area contributed by atoms with Crippen LogP contribution in [0.5, 0.6) is 0 Å². The van der Waals surface area contributed by atoms with Gasteiger partial charge >= 0.3 is 0 Å². The minimum Gasteiger partial charge on any atom is -0.157 e. The van der Waals surface area contributed by atoms with Crippen LogP contribution in [0.3, 0.4) is 0 Å². The highest BCUT2D eigenvalue weighted by molar-refractivity contribution is 8.03. The third kappa shape index (κ3) is 6.78. The molecule has 2 nitrogen and oxygen atoms in total. The van der Waals surface area contributed by atoms with Crippen molar-refractivity contribution in [3.05, 3.63) is 113 Å². The predicted octanol–water partition coefficient (Wildman–Crippen LogP) is 8.01. The zero-order valence-corrected chi connectivity index (χ0v) is 20.0. The lowest BCUT2D eigenvalue weighted by Crippen LogP contribution is -1.94. The van der Waals surface area contributed by atoms with Crippen LogP contribution in [0.4, 0.5) is 0 Å². The molecule has 0 N–H and O–H groups in total. The van der Waals surface area contributed by atoms with Crippen molar-refractivity contribution in [1.82, 2.24) is 10.2 Å². The van der Waals surface area contributed by atoms with Crippen LogP contribution in [0, 0.1) is 0 Å². The first kappa shape index (κ1) is 22.3. The molecule has 0 bridgehead atoms. The maximum atomic E-state index is 6.02. The summed E-state index contributed by atoms with van der Waals surface area (Å²) in [7, 11) is 0. The van der Waals surface area contributed by atoms with Crippen molar-refractivity contribution >= 4 is 46.9 Å². The number of halogens is 1. The molecule has 6 heteroatoms. The topological polar surface area (TPSA) is 25.8 Å². The molecular formula is C25H21ClN2S3. The van der Waals surface area contributed by atoms with Crippen molar-refractivity contribution in [2.75, 3.05) is 0 Å². The van der Waals surface area contributed by atoms with Crippen molar-refractivity contribution in [2.24, 2.45) is 0 Å². The van der Waals surface area contributed by atoms with Crippen molar-refractivity contribution in [3.8, 4) is 0 Å². The van der Waals surface area contributed by atoms with Gasteiger partial charge in [0.05, 0.1) is 11.1 Å². The third-order valence-electron chi connectivity index (χ3n) is 4.49. The largest absolute Gasteiger partial charge is 0.157 e. The van der Waals surface area contributed by atoms with E-state index in [4.69, 9.17) is 11.6 Å². The van der Waals surface area contributed by atoms with Gasteiger partial charge in [0, 0.05) is 27.2 Å². The van der Waals surface area contributed by atoms with E-state index in [1.165, 1.54) is 26.5 Å². The molecule has 0 amide bonds. The van der Waals surface area contributed by atoms with E-state index >= 15 is 0 Å². The van der Waals surface area contributed by atoms with Crippen LogP contribution in [-0.4, -0.2) is 10.2 Å². The molecule has 0 aliphatic carbocycles. The predicted molar refractivity (Wildman–Crippen MR) is 135 cm³/mol. The van der Waals surface area contributed by atoms with Gasteiger partial charge in [-0.25, -0.2) is 0 Å². The maximum Gasteiger partial charge on any atom is 0.134 e. The first-order valence-corrected chi connectivity index (χ1v) is 13.2. The van der Waals surface area contributed by atoms with Gasteiger partial charge in [-0.05, 0) is 28.8 Å². The van der Waals surface area contributed by atoms with Crippen molar-refractivity contribution < 1.29 is 0 Å². The average molecular weight is 481 g/mol. The normalized spacial score (nSPS) is 10.9. The smallest absolute Gasteiger partial charge is 0.134 e. The number of benzene rings is 3. The van der Waals surface area contributed by atoms with E-state index < -0.39 is 0 Å². The second kappa shape index (κ2) is 11.6. The molecule has 0 aliphatic rings. The van der Waals surface area contributed by atoms with Gasteiger partial charge in [0.2, 0.25) is 0 Å². The van der Waals surface area contributed by atoms with E-state index in [1.807, 2.05) is 41.9 Å². The molecule has 0 saturated heterocycles. The summed E-state index contributed by atoms with van der Waals surface area (Å²) in [5.41, 5.74) is 3.83. The molecule has 0 atom stereocenters. The maximum absolute atomic E-state index is 6.02. The summed E-state index contributed by atoms with van der Waals surface area (Å²) in [4.78, 5) is 2.39. The van der Waals surface area contributed by atoms with Crippen molar-refractivity contribution in [1.29, 1.82) is 0 Å². The zero-order chi connectivity index (χ0) is 21.3. The number of hydrogen-bond acceptors (Lipinski definition) is 5. The summed E-state index contributed by atoms with van der Waals surface area (Å²) in [6.45, 7) is 0. The molecule has 1 heterocycles. The lowest BCUT2D eigenvalue weighted by Gasteiger charge is -2.12. The number of aromatic nitrogens is 2. The SMILES string of the molecule is Clc1ccc(CSc2nncc(SCc3ccccc3)c2SCc2ccccc2)cc1. The lowest BCUT2D eigenvalue weighted by molar-refractivity contribution is 0.831. The van der Waals surface area contributed by atoms with Crippen LogP contribution in [0.15, 0.2) is 106 Å². The molecule has 0 fully saturated rings. The van der Waals surface area contributed by atoms with Gasteiger partial charge in [0.25, 0.3) is 0 Å². The zero-order valence-electron chi connectivity index (χ0n) is 16.8. The highest BCUT2D eigenvalue weighted by atomic mass is 35.5. The number of hydrogen-bond donors (Lipinski definition) is 0. The molecule has 0 spiro atoms. The van der Waals surface area contributed by atoms with Crippen LogP contribution in [0.25, 0.3) is 0 Å². The van der Waals surface area contributed by atoms with Gasteiger partial charge in [-0.15, -0.1) is 28.6 Å². The lowest BCUT2D eigenvalue weighted by atomic mass is 10.2. The fourth-order valence-corrected chi connectivity index (χ4v) is 6.34. The Morgan fingerprint density at radius 2 is 1.16 bits per heavy atom. The molecule has 4 rings (SSSR count). The van der Waals surface area contributed by atoms with E-state index in [2.05, 4.69) is 83.0 Å². The highest BCUT2D eigenvalue weighted by Crippen LogP contribution is 2.40. The van der Waals surface area contributed by atoms with Gasteiger partial charge in [-0.2, -0.15) is 5.10 Å². The minimum atomic E-state index is 0.756. The Balaban J connectivity index is 1.53. The van der Waals surface area contributed by atoms with Crippen LogP contribution in [0.1, 0.15) is 16.7 Å². The summed E-state index contributed by atoms with van der Waals surface area (Å²) in [5.74, 6) is 2.64. The minimum absolute atomic E-state index is 0.756. The molecule has 1 aromatic heterocycles. The third-order valence-corrected chi connectivity index (χ3v) is 8.32. The standard InChI is InChI=1S/C25H21ClN2S3/c26-22-13-11-21(12-14-22)18-31-25-24(30-17-20-9-5-2-6-10-20)23(15-27-28-25)29-16-19-7-3-1-4-8-19/h1-15H,16-18H2. The van der Waals surface area contributed by atoms with Crippen molar-refractivity contribution in [3.63, 3.8) is 0 Å². The Kier molecular flexibility index (Phi) is 8.36. The fourth-order valence-electron chi connectivity index (χ4n) is 2.87. The average Bonchev–Trinajstić information content (AvgIpc) is 2.83. The van der Waals surface area contributed by atoms with E-state index in [-0.39, 0.29) is 0 Å². The molecular weight excluding hydrogens is 460 g/mol. The number of rotatable bonds is 9. The van der Waals surface area contributed by atoms with Crippen LogP contribution in [0.2, 0.25) is 5.02 Å². The Labute approximate surface area is 201 Å². The van der Waals surface area contributed by atoms with E-state index in [0.29, 0.717) is 0 Å². The first-order valence-electron chi connectivity index (χ1n) is 9.84. The molecule has 4 aromatic rings. The van der Waals surface area contributed by atoms with E-state index in [9.17, 15) is 0 Å². The molecule has 0 saturated carbocycles. The molecule has 0 aliphatic heterocycles. The van der Waals surface area contributed by atoms with Crippen LogP contribution >= 0.6 is 46.9 Å². The van der Waals surface area contributed by atoms with Gasteiger partial charge in [0.15, 0.2) is 0 Å². The van der Waals surface area contributed by atoms with Crippen molar-refractivity contribution in [2.45, 2.75) is 32.1 Å². The second-order valence-electron chi connectivity index (χ2n) is 6.81. The van der Waals surface area contributed by atoms with Crippen LogP contribution in [-0.2, 0) is 17.3 Å². The monoisotopic (exact) mass is 480 g/mol. The van der Waals surface area contributed by atoms with Gasteiger partial charge in [-0.1, -0.05) is 96.2 Å². The van der Waals surface area contributed by atoms with Crippen LogP contribution < -0.4 is 0 Å². The van der Waals surface area contributed by atoms with E-state index in [1.54, 1.807) is 11.8 Å². The summed E-state index contributed by atoms with van der Waals surface area (Å²) < 4.78 is 0.